The van der Waals surface area contributed by atoms with E-state index in [-0.39, 0.29) is 24.7 Å². The van der Waals surface area contributed by atoms with E-state index in [4.69, 9.17) is 5.11 Å². The Hall–Kier alpha value is -0.810. The quantitative estimate of drug-likeness (QED) is 0.643. The largest absolute Gasteiger partial charge is 0.394 e. The number of likely N-dealkylation sites (tertiary alicyclic amines) is 1. The van der Waals surface area contributed by atoms with Crippen molar-refractivity contribution in [3.05, 3.63) is 0 Å². The Labute approximate surface area is 97.2 Å². The van der Waals surface area contributed by atoms with Gasteiger partial charge in [-0.3, -0.25) is 0 Å². The predicted molar refractivity (Wildman–Crippen MR) is 63.4 cm³/mol. The van der Waals surface area contributed by atoms with E-state index in [2.05, 4.69) is 22.5 Å². The van der Waals surface area contributed by atoms with Crippen molar-refractivity contribution >= 4 is 6.03 Å². The van der Waals surface area contributed by atoms with Gasteiger partial charge in [-0.1, -0.05) is 6.92 Å². The molecule has 94 valence electrons. The van der Waals surface area contributed by atoms with Crippen LogP contribution in [0.5, 0.6) is 0 Å². The van der Waals surface area contributed by atoms with Gasteiger partial charge in [0.25, 0.3) is 0 Å². The lowest BCUT2D eigenvalue weighted by Crippen LogP contribution is -2.50. The van der Waals surface area contributed by atoms with E-state index in [1.165, 1.54) is 0 Å². The van der Waals surface area contributed by atoms with Crippen LogP contribution in [-0.4, -0.2) is 54.4 Å². The van der Waals surface area contributed by atoms with Gasteiger partial charge in [0.2, 0.25) is 0 Å². The van der Waals surface area contributed by atoms with Crippen LogP contribution in [0.4, 0.5) is 4.79 Å². The zero-order valence-electron chi connectivity index (χ0n) is 10.2. The second-order valence-electron chi connectivity index (χ2n) is 4.41. The van der Waals surface area contributed by atoms with Gasteiger partial charge >= 0.3 is 6.03 Å². The molecule has 0 aromatic carbocycles. The summed E-state index contributed by atoms with van der Waals surface area (Å²) in [5.41, 5.74) is 0. The van der Waals surface area contributed by atoms with Gasteiger partial charge in [0, 0.05) is 19.1 Å². The fourth-order valence-electron chi connectivity index (χ4n) is 1.89. The average molecular weight is 229 g/mol. The lowest BCUT2D eigenvalue weighted by molar-refractivity contribution is 0.192. The number of nitrogens with one attached hydrogen (secondary N) is 2. The molecular weight excluding hydrogens is 206 g/mol. The highest BCUT2D eigenvalue weighted by Crippen LogP contribution is 2.09. The Bertz CT molecular complexity index is 215. The van der Waals surface area contributed by atoms with E-state index >= 15 is 0 Å². The number of aliphatic hydroxyl groups is 1. The molecule has 0 aliphatic carbocycles. The van der Waals surface area contributed by atoms with Gasteiger partial charge in [0.05, 0.1) is 12.6 Å². The van der Waals surface area contributed by atoms with Crippen LogP contribution in [0.25, 0.3) is 0 Å². The van der Waals surface area contributed by atoms with Crippen LogP contribution in [0.2, 0.25) is 0 Å². The highest BCUT2D eigenvalue weighted by molar-refractivity contribution is 5.74. The molecule has 0 spiro atoms. The molecule has 0 saturated carbocycles. The summed E-state index contributed by atoms with van der Waals surface area (Å²) >= 11 is 0. The van der Waals surface area contributed by atoms with E-state index in [0.717, 1.165) is 32.5 Å². The maximum atomic E-state index is 11.5. The topological polar surface area (TPSA) is 64.6 Å². The second kappa shape index (κ2) is 6.70. The van der Waals surface area contributed by atoms with Crippen LogP contribution in [0.15, 0.2) is 0 Å². The van der Waals surface area contributed by atoms with Crippen molar-refractivity contribution in [1.82, 2.24) is 15.5 Å². The van der Waals surface area contributed by atoms with Gasteiger partial charge in [-0.15, -0.1) is 0 Å². The van der Waals surface area contributed by atoms with Crippen LogP contribution in [0.1, 0.15) is 26.7 Å². The zero-order chi connectivity index (χ0) is 12.0. The first-order valence-corrected chi connectivity index (χ1v) is 6.06. The molecule has 16 heavy (non-hydrogen) atoms. The molecule has 1 saturated heterocycles. The maximum Gasteiger partial charge on any atom is 0.315 e. The predicted octanol–water partition coefficient (Wildman–Crippen LogP) is 0.151. The van der Waals surface area contributed by atoms with E-state index in [0.29, 0.717) is 0 Å². The number of aliphatic hydroxyl groups excluding tert-OH is 1. The van der Waals surface area contributed by atoms with Crippen LogP contribution in [0.3, 0.4) is 0 Å². The molecule has 1 fully saturated rings. The van der Waals surface area contributed by atoms with Crippen LogP contribution in [0, 0.1) is 0 Å². The molecule has 0 aromatic heterocycles. The Balaban J connectivity index is 2.20. The molecule has 5 nitrogen and oxygen atoms in total. The van der Waals surface area contributed by atoms with Gasteiger partial charge in [0.15, 0.2) is 0 Å². The van der Waals surface area contributed by atoms with E-state index < -0.39 is 0 Å². The maximum absolute atomic E-state index is 11.5. The molecule has 1 atom stereocenters. The fraction of sp³-hybridized carbons (Fsp3) is 0.909. The summed E-state index contributed by atoms with van der Waals surface area (Å²) in [6.07, 6.45) is 2.02. The summed E-state index contributed by atoms with van der Waals surface area (Å²) in [5, 5.41) is 14.4. The zero-order valence-corrected chi connectivity index (χ0v) is 10.2. The molecule has 1 heterocycles. The van der Waals surface area contributed by atoms with E-state index in [1.807, 2.05) is 0 Å². The molecule has 5 heteroatoms. The minimum absolute atomic E-state index is 0.0261. The van der Waals surface area contributed by atoms with Crippen molar-refractivity contribution in [3.8, 4) is 0 Å². The number of amides is 2. The smallest absolute Gasteiger partial charge is 0.315 e. The van der Waals surface area contributed by atoms with Crippen molar-refractivity contribution in [1.29, 1.82) is 0 Å². The summed E-state index contributed by atoms with van der Waals surface area (Å²) in [6, 6.07) is -0.0825. The fourth-order valence-corrected chi connectivity index (χ4v) is 1.89. The van der Waals surface area contributed by atoms with Crippen molar-refractivity contribution < 1.29 is 9.90 Å². The lowest BCUT2D eigenvalue weighted by Gasteiger charge is -2.31. The van der Waals surface area contributed by atoms with Crippen LogP contribution in [-0.2, 0) is 0 Å². The van der Waals surface area contributed by atoms with Crippen molar-refractivity contribution in [2.24, 2.45) is 0 Å². The number of carbonyl (C=O) groups is 1. The number of carbonyl (C=O) groups excluding carboxylic acids is 1. The molecule has 1 rings (SSSR count). The van der Waals surface area contributed by atoms with Gasteiger partial charge in [-0.2, -0.15) is 0 Å². The van der Waals surface area contributed by atoms with Gasteiger partial charge in [-0.25, -0.2) is 4.79 Å². The average Bonchev–Trinajstić information content (AvgIpc) is 2.29. The molecule has 1 aliphatic rings. The third-order valence-corrected chi connectivity index (χ3v) is 3.02. The van der Waals surface area contributed by atoms with Crippen molar-refractivity contribution in [3.63, 3.8) is 0 Å². The van der Waals surface area contributed by atoms with E-state index in [1.54, 1.807) is 6.92 Å². The standard InChI is InChI=1S/C11H23N3O2/c1-3-14-6-4-10(5-7-14)13-11(16)12-9(2)8-15/h9-10,15H,3-8H2,1-2H3,(H2,12,13,16)/t9-/m0/s1. The van der Waals surface area contributed by atoms with Gasteiger partial charge in [-0.05, 0) is 26.3 Å². The highest BCUT2D eigenvalue weighted by Gasteiger charge is 2.19. The minimum atomic E-state index is -0.185. The number of rotatable bonds is 4. The van der Waals surface area contributed by atoms with Gasteiger partial charge < -0.3 is 20.6 Å². The second-order valence-corrected chi connectivity index (χ2v) is 4.41. The molecule has 1 aliphatic heterocycles. The highest BCUT2D eigenvalue weighted by atomic mass is 16.3. The number of hydrogen-bond acceptors (Lipinski definition) is 3. The summed E-state index contributed by atoms with van der Waals surface area (Å²) in [6.45, 7) is 7.10. The first-order valence-electron chi connectivity index (χ1n) is 6.06. The molecule has 2 amide bonds. The first-order chi connectivity index (χ1) is 7.65. The normalized spacial score (nSPS) is 20.4. The lowest BCUT2D eigenvalue weighted by atomic mass is 10.1. The Morgan fingerprint density at radius 3 is 2.62 bits per heavy atom. The number of urea groups is 1. The van der Waals surface area contributed by atoms with Gasteiger partial charge in [0.1, 0.15) is 0 Å². The molecule has 0 radical (unpaired) electrons. The van der Waals surface area contributed by atoms with Crippen LogP contribution < -0.4 is 10.6 Å². The summed E-state index contributed by atoms with van der Waals surface area (Å²) < 4.78 is 0. The van der Waals surface area contributed by atoms with Crippen molar-refractivity contribution in [2.45, 2.75) is 38.8 Å². The summed E-state index contributed by atoms with van der Waals surface area (Å²) in [7, 11) is 0. The number of piperidine rings is 1. The molecular formula is C11H23N3O2. The van der Waals surface area contributed by atoms with Crippen molar-refractivity contribution in [2.75, 3.05) is 26.2 Å². The number of hydrogen-bond donors (Lipinski definition) is 3. The number of nitrogens with zero attached hydrogens (tertiary/aromatic N) is 1. The van der Waals surface area contributed by atoms with Crippen LogP contribution >= 0.6 is 0 Å². The SMILES string of the molecule is CCN1CCC(NC(=O)N[C@@H](C)CO)CC1. The van der Waals surface area contributed by atoms with E-state index in [9.17, 15) is 4.79 Å². The first kappa shape index (κ1) is 13.3. The minimum Gasteiger partial charge on any atom is -0.394 e. The molecule has 0 aromatic rings. The Morgan fingerprint density at radius 2 is 2.12 bits per heavy atom. The molecule has 0 bridgehead atoms. The Morgan fingerprint density at radius 1 is 1.50 bits per heavy atom. The monoisotopic (exact) mass is 229 g/mol. The summed E-state index contributed by atoms with van der Waals surface area (Å²) in [4.78, 5) is 13.9. The summed E-state index contributed by atoms with van der Waals surface area (Å²) in [5.74, 6) is 0. The third kappa shape index (κ3) is 4.37. The third-order valence-electron chi connectivity index (χ3n) is 3.02. The molecule has 0 unspecified atom stereocenters. The Kier molecular flexibility index (Phi) is 5.55. The molecule has 3 N–H and O–H groups in total.